The highest BCUT2D eigenvalue weighted by atomic mass is 16.2. The number of hydrogen-bond acceptors (Lipinski definition) is 2. The normalized spacial score (nSPS) is 10.9. The maximum atomic E-state index is 13.5. The molecule has 0 fully saturated rings. The number of amides is 2. The minimum absolute atomic E-state index is 0.0151. The molecule has 3 aromatic rings. The number of unbranched alkanes of at least 4 members (excludes halogenated alkanes) is 2. The first kappa shape index (κ1) is 27.3. The van der Waals surface area contributed by atoms with Crippen molar-refractivity contribution in [2.24, 2.45) is 0 Å². The molecule has 0 saturated carbocycles. The maximum absolute atomic E-state index is 13.5. The van der Waals surface area contributed by atoms with Gasteiger partial charge in [0.2, 0.25) is 11.8 Å². The molecule has 0 atom stereocenters. The predicted molar refractivity (Wildman–Crippen MR) is 147 cm³/mol. The molecule has 3 rings (SSSR count). The molecule has 0 aliphatic rings. The first-order chi connectivity index (χ1) is 17.5. The molecule has 0 saturated heterocycles. The number of rotatable bonds is 14. The summed E-state index contributed by atoms with van der Waals surface area (Å²) in [5.41, 5.74) is 4.58. The molecule has 0 aliphatic carbocycles. The fourth-order valence-corrected chi connectivity index (χ4v) is 4.38. The van der Waals surface area contributed by atoms with Crippen LogP contribution in [0.2, 0.25) is 0 Å². The van der Waals surface area contributed by atoms with Crippen molar-refractivity contribution >= 4 is 11.8 Å². The summed E-state index contributed by atoms with van der Waals surface area (Å²) in [6, 6.07) is 22.5. The lowest BCUT2D eigenvalue weighted by Gasteiger charge is -2.28. The van der Waals surface area contributed by atoms with E-state index in [0.29, 0.717) is 26.1 Å². The van der Waals surface area contributed by atoms with E-state index < -0.39 is 0 Å². The van der Waals surface area contributed by atoms with Crippen LogP contribution in [-0.4, -0.2) is 45.8 Å². The van der Waals surface area contributed by atoms with Crippen LogP contribution in [0.1, 0.15) is 61.9 Å². The number of carbonyl (C=O) groups excluding carboxylic acids is 2. The SMILES string of the molecule is CCCCN(CC(=O)N(CCCC)Cc1cccn1Cc1cccc(C)c1)C(=O)Cc1ccccc1. The van der Waals surface area contributed by atoms with Crippen molar-refractivity contribution in [2.45, 2.75) is 66.0 Å². The van der Waals surface area contributed by atoms with E-state index in [1.165, 1.54) is 11.1 Å². The Labute approximate surface area is 216 Å². The fraction of sp³-hybridized carbons (Fsp3) is 0.419. The molecule has 5 heteroatoms. The van der Waals surface area contributed by atoms with Crippen LogP contribution in [-0.2, 0) is 29.1 Å². The average Bonchev–Trinajstić information content (AvgIpc) is 3.31. The minimum Gasteiger partial charge on any atom is -0.345 e. The van der Waals surface area contributed by atoms with Crippen LogP contribution in [0.3, 0.4) is 0 Å². The van der Waals surface area contributed by atoms with Crippen molar-refractivity contribution < 1.29 is 9.59 Å². The average molecular weight is 488 g/mol. The van der Waals surface area contributed by atoms with Gasteiger partial charge in [0.25, 0.3) is 0 Å². The van der Waals surface area contributed by atoms with E-state index in [1.54, 1.807) is 4.90 Å². The van der Waals surface area contributed by atoms with Crippen LogP contribution in [0.5, 0.6) is 0 Å². The Morgan fingerprint density at radius 1 is 0.778 bits per heavy atom. The molecule has 1 aromatic heterocycles. The van der Waals surface area contributed by atoms with Gasteiger partial charge in [-0.1, -0.05) is 86.8 Å². The van der Waals surface area contributed by atoms with Crippen molar-refractivity contribution in [3.63, 3.8) is 0 Å². The van der Waals surface area contributed by atoms with E-state index in [1.807, 2.05) is 41.3 Å². The lowest BCUT2D eigenvalue weighted by atomic mass is 10.1. The third-order valence-electron chi connectivity index (χ3n) is 6.50. The van der Waals surface area contributed by atoms with Crippen molar-refractivity contribution in [3.05, 3.63) is 95.3 Å². The van der Waals surface area contributed by atoms with Crippen molar-refractivity contribution in [1.29, 1.82) is 0 Å². The summed E-state index contributed by atoms with van der Waals surface area (Å²) < 4.78 is 2.22. The van der Waals surface area contributed by atoms with Crippen LogP contribution in [0.15, 0.2) is 72.9 Å². The summed E-state index contributed by atoms with van der Waals surface area (Å²) in [5, 5.41) is 0. The van der Waals surface area contributed by atoms with E-state index in [0.717, 1.165) is 43.5 Å². The number of benzene rings is 2. The van der Waals surface area contributed by atoms with E-state index in [9.17, 15) is 9.59 Å². The van der Waals surface area contributed by atoms with Gasteiger partial charge in [-0.2, -0.15) is 0 Å². The molecule has 5 nitrogen and oxygen atoms in total. The number of carbonyl (C=O) groups is 2. The summed E-state index contributed by atoms with van der Waals surface area (Å²) in [6.45, 7) is 9.11. The molecule has 0 bridgehead atoms. The lowest BCUT2D eigenvalue weighted by Crippen LogP contribution is -2.44. The van der Waals surface area contributed by atoms with Gasteiger partial charge in [0.1, 0.15) is 0 Å². The Balaban J connectivity index is 1.71. The Kier molecular flexibility index (Phi) is 10.8. The molecular formula is C31H41N3O2. The Morgan fingerprint density at radius 3 is 2.17 bits per heavy atom. The second kappa shape index (κ2) is 14.3. The van der Waals surface area contributed by atoms with Crippen LogP contribution in [0.25, 0.3) is 0 Å². The number of aromatic nitrogens is 1. The number of hydrogen-bond donors (Lipinski definition) is 0. The molecule has 1 heterocycles. The Morgan fingerprint density at radius 2 is 1.47 bits per heavy atom. The molecule has 192 valence electrons. The van der Waals surface area contributed by atoms with Crippen molar-refractivity contribution in [3.8, 4) is 0 Å². The standard InChI is InChI=1S/C31H41N3O2/c1-4-6-18-33(24-29-17-12-20-32(29)23-28-16-11-13-26(3)21-28)31(36)25-34(19-7-5-2)30(35)22-27-14-9-8-10-15-27/h8-17,20-21H,4-7,18-19,22-25H2,1-3H3. The molecule has 36 heavy (non-hydrogen) atoms. The van der Waals surface area contributed by atoms with Crippen molar-refractivity contribution in [2.75, 3.05) is 19.6 Å². The van der Waals surface area contributed by atoms with Crippen LogP contribution < -0.4 is 0 Å². The minimum atomic E-state index is 0.0151. The Hall–Kier alpha value is -3.34. The number of nitrogens with zero attached hydrogens (tertiary/aromatic N) is 3. The largest absolute Gasteiger partial charge is 0.345 e. The monoisotopic (exact) mass is 487 g/mol. The van der Waals surface area contributed by atoms with Gasteiger partial charge >= 0.3 is 0 Å². The van der Waals surface area contributed by atoms with Gasteiger partial charge in [-0.3, -0.25) is 9.59 Å². The Bertz CT molecular complexity index is 1090. The van der Waals surface area contributed by atoms with Gasteiger partial charge in [0, 0.05) is 31.5 Å². The van der Waals surface area contributed by atoms with Gasteiger partial charge in [-0.15, -0.1) is 0 Å². The third kappa shape index (κ3) is 8.40. The highest BCUT2D eigenvalue weighted by Crippen LogP contribution is 2.14. The molecular weight excluding hydrogens is 446 g/mol. The molecule has 0 aliphatic heterocycles. The smallest absolute Gasteiger partial charge is 0.242 e. The highest BCUT2D eigenvalue weighted by molar-refractivity contribution is 5.86. The molecule has 0 radical (unpaired) electrons. The first-order valence-electron chi connectivity index (χ1n) is 13.3. The molecule has 2 aromatic carbocycles. The van der Waals surface area contributed by atoms with Gasteiger partial charge in [0.15, 0.2) is 0 Å². The second-order valence-electron chi connectivity index (χ2n) is 9.62. The molecule has 2 amide bonds. The summed E-state index contributed by atoms with van der Waals surface area (Å²) in [7, 11) is 0. The van der Waals surface area contributed by atoms with E-state index in [4.69, 9.17) is 0 Å². The van der Waals surface area contributed by atoms with Crippen LogP contribution >= 0.6 is 0 Å². The van der Waals surface area contributed by atoms with Crippen LogP contribution in [0, 0.1) is 6.92 Å². The number of aryl methyl sites for hydroxylation is 1. The lowest BCUT2D eigenvalue weighted by molar-refractivity contribution is -0.140. The van der Waals surface area contributed by atoms with E-state index >= 15 is 0 Å². The quantitative estimate of drug-likeness (QED) is 0.287. The summed E-state index contributed by atoms with van der Waals surface area (Å²) in [5.74, 6) is 0.0329. The van der Waals surface area contributed by atoms with E-state index in [2.05, 4.69) is 61.9 Å². The molecule has 0 spiro atoms. The topological polar surface area (TPSA) is 45.6 Å². The predicted octanol–water partition coefficient (Wildman–Crippen LogP) is 5.84. The zero-order valence-corrected chi connectivity index (χ0v) is 22.2. The third-order valence-corrected chi connectivity index (χ3v) is 6.50. The zero-order chi connectivity index (χ0) is 25.8. The van der Waals surface area contributed by atoms with Crippen molar-refractivity contribution in [1.82, 2.24) is 14.4 Å². The summed E-state index contributed by atoms with van der Waals surface area (Å²) >= 11 is 0. The van der Waals surface area contributed by atoms with Gasteiger partial charge in [-0.05, 0) is 43.0 Å². The second-order valence-corrected chi connectivity index (χ2v) is 9.62. The first-order valence-corrected chi connectivity index (χ1v) is 13.3. The molecule has 0 unspecified atom stereocenters. The fourth-order valence-electron chi connectivity index (χ4n) is 4.38. The molecule has 0 N–H and O–H groups in total. The van der Waals surface area contributed by atoms with Gasteiger partial charge < -0.3 is 14.4 Å². The summed E-state index contributed by atoms with van der Waals surface area (Å²) in [4.78, 5) is 30.4. The maximum Gasteiger partial charge on any atom is 0.242 e. The highest BCUT2D eigenvalue weighted by Gasteiger charge is 2.22. The summed E-state index contributed by atoms with van der Waals surface area (Å²) in [6.07, 6.45) is 6.23. The van der Waals surface area contributed by atoms with E-state index in [-0.39, 0.29) is 18.4 Å². The van der Waals surface area contributed by atoms with Gasteiger partial charge in [-0.25, -0.2) is 0 Å². The van der Waals surface area contributed by atoms with Gasteiger partial charge in [0.05, 0.1) is 19.5 Å². The zero-order valence-electron chi connectivity index (χ0n) is 22.2. The van der Waals surface area contributed by atoms with Crippen LogP contribution in [0.4, 0.5) is 0 Å².